The van der Waals surface area contributed by atoms with Gasteiger partial charge in [0, 0.05) is 17.1 Å². The van der Waals surface area contributed by atoms with Crippen molar-refractivity contribution >= 4 is 15.9 Å². The van der Waals surface area contributed by atoms with Crippen molar-refractivity contribution in [2.75, 3.05) is 0 Å². The number of halogens is 2. The van der Waals surface area contributed by atoms with Crippen molar-refractivity contribution in [1.29, 1.82) is 0 Å². The van der Waals surface area contributed by atoms with E-state index < -0.39 is 0 Å². The Bertz CT molecular complexity index is 453. The van der Waals surface area contributed by atoms with Crippen molar-refractivity contribution < 1.29 is 4.39 Å². The maximum Gasteiger partial charge on any atom is 0.123 e. The third kappa shape index (κ3) is 2.42. The molecule has 1 aromatic carbocycles. The van der Waals surface area contributed by atoms with Gasteiger partial charge in [-0.15, -0.1) is 0 Å². The first-order valence-corrected chi connectivity index (χ1v) is 5.68. The van der Waals surface area contributed by atoms with E-state index in [9.17, 15) is 4.39 Å². The maximum atomic E-state index is 13.0. The van der Waals surface area contributed by atoms with Gasteiger partial charge in [-0.3, -0.25) is 4.98 Å². The summed E-state index contributed by atoms with van der Waals surface area (Å²) in [7, 11) is 0. The molecule has 76 valence electrons. The summed E-state index contributed by atoms with van der Waals surface area (Å²) in [5.74, 6) is -0.237. The van der Waals surface area contributed by atoms with Crippen molar-refractivity contribution in [3.63, 3.8) is 0 Å². The molecule has 1 aromatic heterocycles. The van der Waals surface area contributed by atoms with E-state index in [1.165, 1.54) is 12.1 Å². The number of hydrogen-bond donors (Lipinski definition) is 0. The average molecular weight is 266 g/mol. The lowest BCUT2D eigenvalue weighted by atomic mass is 10.1. The summed E-state index contributed by atoms with van der Waals surface area (Å²) in [6, 6.07) is 10.3. The minimum absolute atomic E-state index is 0.237. The Morgan fingerprint density at radius 2 is 2.07 bits per heavy atom. The van der Waals surface area contributed by atoms with Gasteiger partial charge in [-0.05, 0) is 23.8 Å². The van der Waals surface area contributed by atoms with Crippen LogP contribution in [0, 0.1) is 5.82 Å². The number of pyridine rings is 1. The fourth-order valence-corrected chi connectivity index (χ4v) is 1.65. The van der Waals surface area contributed by atoms with Crippen LogP contribution >= 0.6 is 15.9 Å². The first kappa shape index (κ1) is 10.3. The summed E-state index contributed by atoms with van der Waals surface area (Å²) in [5.41, 5.74) is 2.70. The lowest BCUT2D eigenvalue weighted by Crippen LogP contribution is -1.86. The number of aromatic nitrogens is 1. The summed E-state index contributed by atoms with van der Waals surface area (Å²) >= 11 is 3.35. The van der Waals surface area contributed by atoms with Gasteiger partial charge in [-0.25, -0.2) is 4.39 Å². The third-order valence-corrected chi connectivity index (χ3v) is 2.75. The van der Waals surface area contributed by atoms with Crippen LogP contribution in [0.2, 0.25) is 0 Å². The Labute approximate surface area is 96.1 Å². The van der Waals surface area contributed by atoms with Gasteiger partial charge in [0.2, 0.25) is 0 Å². The molecule has 0 amide bonds. The summed E-state index contributed by atoms with van der Waals surface area (Å²) in [6.07, 6.45) is 1.79. The lowest BCUT2D eigenvalue weighted by molar-refractivity contribution is 0.628. The number of nitrogens with zero attached hydrogens (tertiary/aromatic N) is 1. The molecule has 0 atom stereocenters. The molecule has 0 radical (unpaired) electrons. The molecule has 0 fully saturated rings. The van der Waals surface area contributed by atoms with Crippen LogP contribution in [0.15, 0.2) is 42.6 Å². The fraction of sp³-hybridized carbons (Fsp3) is 0.0833. The second-order valence-corrected chi connectivity index (χ2v) is 3.76. The number of benzene rings is 1. The lowest BCUT2D eigenvalue weighted by Gasteiger charge is -2.01. The first-order valence-electron chi connectivity index (χ1n) is 4.56. The summed E-state index contributed by atoms with van der Waals surface area (Å²) in [5, 5.41) is 0.781. The van der Waals surface area contributed by atoms with Gasteiger partial charge < -0.3 is 0 Å². The van der Waals surface area contributed by atoms with Crippen molar-refractivity contribution in [2.24, 2.45) is 0 Å². The molecule has 3 heteroatoms. The van der Waals surface area contributed by atoms with Gasteiger partial charge in [0.1, 0.15) is 5.82 Å². The minimum Gasteiger partial charge on any atom is -0.256 e. The van der Waals surface area contributed by atoms with Crippen molar-refractivity contribution in [1.82, 2.24) is 4.98 Å². The van der Waals surface area contributed by atoms with Crippen LogP contribution in [0.4, 0.5) is 4.39 Å². The molecule has 0 N–H and O–H groups in total. The van der Waals surface area contributed by atoms with Crippen LogP contribution in [-0.4, -0.2) is 4.98 Å². The van der Waals surface area contributed by atoms with Gasteiger partial charge in [-0.1, -0.05) is 34.1 Å². The third-order valence-electron chi connectivity index (χ3n) is 2.10. The molecule has 0 unspecified atom stereocenters. The van der Waals surface area contributed by atoms with Gasteiger partial charge >= 0.3 is 0 Å². The quantitative estimate of drug-likeness (QED) is 0.754. The molecule has 0 aliphatic heterocycles. The monoisotopic (exact) mass is 265 g/mol. The van der Waals surface area contributed by atoms with Crippen LogP contribution in [0.5, 0.6) is 0 Å². The summed E-state index contributed by atoms with van der Waals surface area (Å²) in [4.78, 5) is 4.26. The smallest absolute Gasteiger partial charge is 0.123 e. The molecular formula is C12H9BrFN. The molecule has 0 aliphatic rings. The van der Waals surface area contributed by atoms with Gasteiger partial charge in [0.15, 0.2) is 0 Å². The maximum absolute atomic E-state index is 13.0. The van der Waals surface area contributed by atoms with Gasteiger partial charge in [0.05, 0.1) is 5.69 Å². The minimum atomic E-state index is -0.237. The van der Waals surface area contributed by atoms with Crippen LogP contribution < -0.4 is 0 Å². The van der Waals surface area contributed by atoms with Crippen LogP contribution in [0.1, 0.15) is 5.56 Å². The fourth-order valence-electron chi connectivity index (χ4n) is 1.32. The van der Waals surface area contributed by atoms with E-state index >= 15 is 0 Å². The van der Waals surface area contributed by atoms with E-state index in [-0.39, 0.29) is 5.82 Å². The zero-order chi connectivity index (χ0) is 10.7. The van der Waals surface area contributed by atoms with E-state index in [4.69, 9.17) is 0 Å². The van der Waals surface area contributed by atoms with Gasteiger partial charge in [0.25, 0.3) is 0 Å². The molecule has 15 heavy (non-hydrogen) atoms. The molecule has 0 saturated carbocycles. The zero-order valence-corrected chi connectivity index (χ0v) is 9.54. The highest BCUT2D eigenvalue weighted by molar-refractivity contribution is 9.08. The van der Waals surface area contributed by atoms with Crippen molar-refractivity contribution in [2.45, 2.75) is 5.33 Å². The first-order chi connectivity index (χ1) is 7.29. The van der Waals surface area contributed by atoms with E-state index in [0.717, 1.165) is 22.2 Å². The Morgan fingerprint density at radius 1 is 1.20 bits per heavy atom. The second kappa shape index (κ2) is 4.53. The summed E-state index contributed by atoms with van der Waals surface area (Å²) < 4.78 is 13.0. The van der Waals surface area contributed by atoms with E-state index in [0.29, 0.717) is 0 Å². The predicted molar refractivity (Wildman–Crippen MR) is 62.3 cm³/mol. The SMILES string of the molecule is Fc1cccc(-c2ccc(CBr)cn2)c1. The number of alkyl halides is 1. The Kier molecular flexibility index (Phi) is 3.11. The van der Waals surface area contributed by atoms with Crippen LogP contribution in [0.25, 0.3) is 11.3 Å². The standard InChI is InChI=1S/C12H9BrFN/c13-7-9-4-5-12(15-8-9)10-2-1-3-11(14)6-10/h1-6,8H,7H2. The molecule has 0 spiro atoms. The van der Waals surface area contributed by atoms with Gasteiger partial charge in [-0.2, -0.15) is 0 Å². The Balaban J connectivity index is 2.37. The Hall–Kier alpha value is -1.22. The highest BCUT2D eigenvalue weighted by atomic mass is 79.9. The number of rotatable bonds is 2. The molecule has 2 aromatic rings. The highest BCUT2D eigenvalue weighted by Gasteiger charge is 2.00. The molecule has 2 rings (SSSR count). The van der Waals surface area contributed by atoms with Crippen molar-refractivity contribution in [3.05, 3.63) is 54.0 Å². The van der Waals surface area contributed by atoms with Crippen LogP contribution in [0.3, 0.4) is 0 Å². The Morgan fingerprint density at radius 3 is 2.67 bits per heavy atom. The van der Waals surface area contributed by atoms with Crippen LogP contribution in [-0.2, 0) is 5.33 Å². The summed E-state index contributed by atoms with van der Waals surface area (Å²) in [6.45, 7) is 0. The largest absolute Gasteiger partial charge is 0.256 e. The molecule has 1 heterocycles. The molecule has 0 aliphatic carbocycles. The topological polar surface area (TPSA) is 12.9 Å². The molecule has 0 saturated heterocycles. The highest BCUT2D eigenvalue weighted by Crippen LogP contribution is 2.18. The average Bonchev–Trinajstić information content (AvgIpc) is 2.29. The second-order valence-electron chi connectivity index (χ2n) is 3.20. The zero-order valence-electron chi connectivity index (χ0n) is 7.95. The van der Waals surface area contributed by atoms with E-state index in [1.54, 1.807) is 12.3 Å². The predicted octanol–water partition coefficient (Wildman–Crippen LogP) is 3.78. The molecule has 1 nitrogen and oxygen atoms in total. The normalized spacial score (nSPS) is 10.3. The van der Waals surface area contributed by atoms with E-state index in [1.807, 2.05) is 18.2 Å². The number of hydrogen-bond acceptors (Lipinski definition) is 1. The molecule has 0 bridgehead atoms. The van der Waals surface area contributed by atoms with E-state index in [2.05, 4.69) is 20.9 Å². The van der Waals surface area contributed by atoms with Crippen molar-refractivity contribution in [3.8, 4) is 11.3 Å². The molecular weight excluding hydrogens is 257 g/mol.